The number of pyridine rings is 1. The molecule has 0 amide bonds. The number of nitrogens with zero attached hydrogens (tertiary/aromatic N) is 2. The lowest BCUT2D eigenvalue weighted by Gasteiger charge is -2.07. The third-order valence-corrected chi connectivity index (χ3v) is 2.34. The van der Waals surface area contributed by atoms with Gasteiger partial charge in [-0.1, -0.05) is 17.7 Å². The zero-order valence-electron chi connectivity index (χ0n) is 7.39. The molecule has 74 valence electrons. The zero-order valence-corrected chi connectivity index (χ0v) is 8.15. The maximum Gasteiger partial charge on any atom is 0.154 e. The summed E-state index contributed by atoms with van der Waals surface area (Å²) in [7, 11) is 0. The van der Waals surface area contributed by atoms with Gasteiger partial charge in [0.1, 0.15) is 11.8 Å². The Bertz CT molecular complexity index is 454. The Morgan fingerprint density at radius 1 is 1.57 bits per heavy atom. The van der Waals surface area contributed by atoms with Crippen LogP contribution in [0.4, 0.5) is 0 Å². The number of hydrogen-bond donors (Lipinski definition) is 2. The molecular weight excluding hydrogens is 202 g/mol. The molecule has 0 aliphatic heterocycles. The number of aliphatic hydroxyl groups excluding tert-OH is 1. The topological polar surface area (TPSA) is 63.5 Å². The van der Waals surface area contributed by atoms with Crippen LogP contribution in [0.15, 0.2) is 24.4 Å². The standard InChI is InChI=1S/C9H10ClN3O/c10-9-8(6(14)5-11)13-4-2-1-3-7(13)12-9/h1-4,6,14H,5,11H2. The molecule has 5 heteroatoms. The third-order valence-electron chi connectivity index (χ3n) is 2.06. The molecule has 4 nitrogen and oxygen atoms in total. The van der Waals surface area contributed by atoms with E-state index in [9.17, 15) is 5.11 Å². The van der Waals surface area contributed by atoms with Crippen LogP contribution in [-0.4, -0.2) is 21.0 Å². The molecule has 3 N–H and O–H groups in total. The molecule has 2 rings (SSSR count). The van der Waals surface area contributed by atoms with Crippen LogP contribution in [0.25, 0.3) is 5.65 Å². The van der Waals surface area contributed by atoms with Crippen molar-refractivity contribution in [3.05, 3.63) is 35.2 Å². The number of aromatic nitrogens is 2. The lowest BCUT2D eigenvalue weighted by molar-refractivity contribution is 0.181. The van der Waals surface area contributed by atoms with E-state index in [4.69, 9.17) is 17.3 Å². The molecule has 2 aromatic rings. The fraction of sp³-hybridized carbons (Fsp3) is 0.222. The van der Waals surface area contributed by atoms with E-state index in [1.807, 2.05) is 18.2 Å². The molecular formula is C9H10ClN3O. The molecule has 0 aliphatic rings. The van der Waals surface area contributed by atoms with Crippen molar-refractivity contribution in [3.63, 3.8) is 0 Å². The molecule has 14 heavy (non-hydrogen) atoms. The molecule has 0 fully saturated rings. The van der Waals surface area contributed by atoms with Crippen LogP contribution in [0.5, 0.6) is 0 Å². The molecule has 2 aromatic heterocycles. The highest BCUT2D eigenvalue weighted by Gasteiger charge is 2.16. The summed E-state index contributed by atoms with van der Waals surface area (Å²) in [5.41, 5.74) is 6.63. The fourth-order valence-electron chi connectivity index (χ4n) is 1.40. The van der Waals surface area contributed by atoms with Gasteiger partial charge >= 0.3 is 0 Å². The first-order chi connectivity index (χ1) is 6.74. The van der Waals surface area contributed by atoms with E-state index in [1.165, 1.54) is 0 Å². The first-order valence-corrected chi connectivity index (χ1v) is 4.62. The number of imidazole rings is 1. The number of nitrogens with two attached hydrogens (primary N) is 1. The van der Waals surface area contributed by atoms with Crippen molar-refractivity contribution >= 4 is 17.2 Å². The lowest BCUT2D eigenvalue weighted by atomic mass is 10.3. The molecule has 0 aliphatic carbocycles. The van der Waals surface area contributed by atoms with Crippen LogP contribution in [0, 0.1) is 0 Å². The van der Waals surface area contributed by atoms with Gasteiger partial charge < -0.3 is 10.8 Å². The quantitative estimate of drug-likeness (QED) is 0.779. The van der Waals surface area contributed by atoms with Crippen molar-refractivity contribution in [1.29, 1.82) is 0 Å². The van der Waals surface area contributed by atoms with Crippen LogP contribution in [0.1, 0.15) is 11.8 Å². The van der Waals surface area contributed by atoms with E-state index in [-0.39, 0.29) is 6.54 Å². The van der Waals surface area contributed by atoms with Crippen LogP contribution in [0.3, 0.4) is 0 Å². The van der Waals surface area contributed by atoms with E-state index in [0.29, 0.717) is 16.5 Å². The van der Waals surface area contributed by atoms with Gasteiger partial charge in [0.05, 0.1) is 5.69 Å². The first-order valence-electron chi connectivity index (χ1n) is 4.24. The van der Waals surface area contributed by atoms with Crippen molar-refractivity contribution in [2.24, 2.45) is 5.73 Å². The average molecular weight is 212 g/mol. The van der Waals surface area contributed by atoms with Gasteiger partial charge in [0.2, 0.25) is 0 Å². The average Bonchev–Trinajstić information content (AvgIpc) is 2.53. The Labute approximate surface area is 85.9 Å². The van der Waals surface area contributed by atoms with Crippen LogP contribution < -0.4 is 5.73 Å². The minimum absolute atomic E-state index is 0.127. The second kappa shape index (κ2) is 3.57. The number of fused-ring (bicyclic) bond motifs is 1. The molecule has 2 heterocycles. The second-order valence-corrected chi connectivity index (χ2v) is 3.33. The van der Waals surface area contributed by atoms with Crippen molar-refractivity contribution in [2.45, 2.75) is 6.10 Å². The first kappa shape index (κ1) is 9.45. The highest BCUT2D eigenvalue weighted by molar-refractivity contribution is 6.30. The predicted octanol–water partition coefficient (Wildman–Crippen LogP) is 0.980. The van der Waals surface area contributed by atoms with Gasteiger partial charge in [-0.15, -0.1) is 0 Å². The third kappa shape index (κ3) is 1.37. The minimum Gasteiger partial charge on any atom is -0.385 e. The van der Waals surface area contributed by atoms with E-state index < -0.39 is 6.10 Å². The second-order valence-electron chi connectivity index (χ2n) is 2.97. The summed E-state index contributed by atoms with van der Waals surface area (Å²) in [6.07, 6.45) is 1.02. The van der Waals surface area contributed by atoms with Crippen molar-refractivity contribution in [3.8, 4) is 0 Å². The molecule has 0 bridgehead atoms. The number of hydrogen-bond acceptors (Lipinski definition) is 3. The highest BCUT2D eigenvalue weighted by atomic mass is 35.5. The van der Waals surface area contributed by atoms with Gasteiger partial charge in [-0.25, -0.2) is 4.98 Å². The normalized spacial score (nSPS) is 13.4. The van der Waals surface area contributed by atoms with Crippen molar-refractivity contribution in [1.82, 2.24) is 9.38 Å². The van der Waals surface area contributed by atoms with Gasteiger partial charge in [0, 0.05) is 12.7 Å². The summed E-state index contributed by atoms with van der Waals surface area (Å²) in [4.78, 5) is 4.09. The van der Waals surface area contributed by atoms with Crippen LogP contribution in [0.2, 0.25) is 5.15 Å². The molecule has 0 saturated heterocycles. The molecule has 0 saturated carbocycles. The summed E-state index contributed by atoms with van der Waals surface area (Å²) < 4.78 is 1.74. The zero-order chi connectivity index (χ0) is 10.1. The molecule has 0 radical (unpaired) electrons. The van der Waals surface area contributed by atoms with Gasteiger partial charge in [-0.2, -0.15) is 0 Å². The van der Waals surface area contributed by atoms with E-state index in [1.54, 1.807) is 10.6 Å². The molecule has 0 spiro atoms. The summed E-state index contributed by atoms with van der Waals surface area (Å²) >= 11 is 5.89. The minimum atomic E-state index is -0.778. The van der Waals surface area contributed by atoms with Crippen LogP contribution in [-0.2, 0) is 0 Å². The monoisotopic (exact) mass is 211 g/mol. The highest BCUT2D eigenvalue weighted by Crippen LogP contribution is 2.23. The fourth-order valence-corrected chi connectivity index (χ4v) is 1.70. The van der Waals surface area contributed by atoms with Crippen LogP contribution >= 0.6 is 11.6 Å². The largest absolute Gasteiger partial charge is 0.385 e. The Balaban J connectivity index is 2.67. The van der Waals surface area contributed by atoms with Crippen molar-refractivity contribution < 1.29 is 5.11 Å². The summed E-state index contributed by atoms with van der Waals surface area (Å²) in [5, 5.41) is 9.93. The predicted molar refractivity (Wildman–Crippen MR) is 54.2 cm³/mol. The van der Waals surface area contributed by atoms with Gasteiger partial charge in [-0.3, -0.25) is 4.40 Å². The number of rotatable bonds is 2. The van der Waals surface area contributed by atoms with E-state index in [0.717, 1.165) is 0 Å². The summed E-state index contributed by atoms with van der Waals surface area (Å²) in [6, 6.07) is 5.52. The Morgan fingerprint density at radius 3 is 3.07 bits per heavy atom. The van der Waals surface area contributed by atoms with E-state index >= 15 is 0 Å². The lowest BCUT2D eigenvalue weighted by Crippen LogP contribution is -2.13. The maximum absolute atomic E-state index is 9.63. The molecule has 1 atom stereocenters. The summed E-state index contributed by atoms with van der Waals surface area (Å²) in [6.45, 7) is 0.127. The Morgan fingerprint density at radius 2 is 2.36 bits per heavy atom. The smallest absolute Gasteiger partial charge is 0.154 e. The van der Waals surface area contributed by atoms with Gasteiger partial charge in [0.15, 0.2) is 5.15 Å². The summed E-state index contributed by atoms with van der Waals surface area (Å²) in [5.74, 6) is 0. The van der Waals surface area contributed by atoms with E-state index in [2.05, 4.69) is 4.98 Å². The van der Waals surface area contributed by atoms with Gasteiger partial charge in [-0.05, 0) is 12.1 Å². The van der Waals surface area contributed by atoms with Gasteiger partial charge in [0.25, 0.3) is 0 Å². The SMILES string of the molecule is NCC(O)c1c(Cl)nc2ccccn12. The maximum atomic E-state index is 9.63. The number of aliphatic hydroxyl groups is 1. The molecule has 1 unspecified atom stereocenters. The Hall–Kier alpha value is -1.10. The number of halogens is 1. The van der Waals surface area contributed by atoms with Crippen molar-refractivity contribution in [2.75, 3.05) is 6.54 Å². The Kier molecular flexibility index (Phi) is 2.41. The molecule has 0 aromatic carbocycles.